The van der Waals surface area contributed by atoms with Crippen LogP contribution >= 0.6 is 0 Å². The van der Waals surface area contributed by atoms with Crippen molar-refractivity contribution in [3.8, 4) is 33.4 Å². The number of hydrogen-bond donors (Lipinski definition) is 0. The Morgan fingerprint density at radius 2 is 0.983 bits per heavy atom. The number of rotatable bonds is 6. The molecule has 10 aromatic carbocycles. The standard InChI is InChI=1S/C58H39NO/c1-3-20-46-41(14-1)36-54(51-24-7-5-22-49(46)51)39-16-11-18-44(34-39)59(43-32-30-38(31-33-43)48-27-13-29-57-58(48)53-26-9-10-28-56(53)60-57)45-19-12-17-40(35-45)55-37-42-15-2-4-21-47(42)50-23-6-8-25-52(50)55/h1-5,7-22,24-37H,6,23H2. The Morgan fingerprint density at radius 1 is 0.383 bits per heavy atom. The average molecular weight is 766 g/mol. The predicted molar refractivity (Wildman–Crippen MR) is 255 cm³/mol. The van der Waals surface area contributed by atoms with Crippen LogP contribution in [0.5, 0.6) is 0 Å². The first-order valence-electron chi connectivity index (χ1n) is 20.9. The van der Waals surface area contributed by atoms with Gasteiger partial charge in [0.15, 0.2) is 0 Å². The molecular weight excluding hydrogens is 727 g/mol. The van der Waals surface area contributed by atoms with Crippen LogP contribution in [-0.2, 0) is 6.42 Å². The zero-order valence-electron chi connectivity index (χ0n) is 33.0. The van der Waals surface area contributed by atoms with Crippen molar-refractivity contribution in [1.82, 2.24) is 0 Å². The van der Waals surface area contributed by atoms with Gasteiger partial charge in [-0.25, -0.2) is 0 Å². The smallest absolute Gasteiger partial charge is 0.136 e. The molecule has 0 aliphatic heterocycles. The van der Waals surface area contributed by atoms with E-state index in [1.165, 1.54) is 65.7 Å². The first-order chi connectivity index (χ1) is 29.7. The van der Waals surface area contributed by atoms with Gasteiger partial charge in [0, 0.05) is 27.8 Å². The lowest BCUT2D eigenvalue weighted by atomic mass is 9.86. The van der Waals surface area contributed by atoms with Gasteiger partial charge in [0.05, 0.1) is 0 Å². The largest absolute Gasteiger partial charge is 0.456 e. The Hall–Kier alpha value is -7.68. The molecule has 0 unspecified atom stereocenters. The normalized spacial score (nSPS) is 12.5. The van der Waals surface area contributed by atoms with E-state index >= 15 is 0 Å². The summed E-state index contributed by atoms with van der Waals surface area (Å²) in [5, 5.41) is 9.96. The van der Waals surface area contributed by atoms with Gasteiger partial charge in [-0.1, -0.05) is 152 Å². The van der Waals surface area contributed by atoms with Crippen LogP contribution in [0.2, 0.25) is 0 Å². The van der Waals surface area contributed by atoms with E-state index in [2.05, 4.69) is 205 Å². The van der Waals surface area contributed by atoms with Crippen molar-refractivity contribution >= 4 is 77.4 Å². The zero-order chi connectivity index (χ0) is 39.6. The summed E-state index contributed by atoms with van der Waals surface area (Å²) in [5.74, 6) is 0. The second kappa shape index (κ2) is 14.0. The second-order valence-electron chi connectivity index (χ2n) is 15.9. The molecule has 2 nitrogen and oxygen atoms in total. The molecule has 0 saturated carbocycles. The maximum absolute atomic E-state index is 6.28. The van der Waals surface area contributed by atoms with Crippen LogP contribution < -0.4 is 4.90 Å². The molecule has 0 saturated heterocycles. The van der Waals surface area contributed by atoms with Crippen LogP contribution in [-0.4, -0.2) is 0 Å². The topological polar surface area (TPSA) is 16.4 Å². The molecule has 12 rings (SSSR count). The van der Waals surface area contributed by atoms with E-state index in [1.807, 2.05) is 12.1 Å². The van der Waals surface area contributed by atoms with Gasteiger partial charge in [-0.15, -0.1) is 0 Å². The van der Waals surface area contributed by atoms with E-state index in [-0.39, 0.29) is 0 Å². The molecule has 0 fully saturated rings. The number of benzene rings is 10. The maximum Gasteiger partial charge on any atom is 0.136 e. The van der Waals surface area contributed by atoms with E-state index < -0.39 is 0 Å². The Kier molecular flexibility index (Phi) is 8.02. The van der Waals surface area contributed by atoms with Crippen molar-refractivity contribution < 1.29 is 4.42 Å². The van der Waals surface area contributed by atoms with Crippen molar-refractivity contribution in [3.05, 3.63) is 217 Å². The van der Waals surface area contributed by atoms with E-state index in [9.17, 15) is 0 Å². The highest BCUT2D eigenvalue weighted by Gasteiger charge is 2.20. The molecule has 60 heavy (non-hydrogen) atoms. The number of allylic oxidation sites excluding steroid dienone is 1. The zero-order valence-corrected chi connectivity index (χ0v) is 33.0. The SMILES string of the molecule is C1=Cc2c(-c3cccc(N(c4ccc(-c5cccc6oc7ccccc7c56)cc4)c4cccc(-c5cc6ccccc6c6ccccc56)c4)c3)cc3ccccc3c2CC1. The van der Waals surface area contributed by atoms with Gasteiger partial charge in [-0.3, -0.25) is 0 Å². The fourth-order valence-corrected chi connectivity index (χ4v) is 9.74. The van der Waals surface area contributed by atoms with Crippen LogP contribution in [0.15, 0.2) is 211 Å². The van der Waals surface area contributed by atoms with Crippen LogP contribution in [0.1, 0.15) is 17.5 Å². The average Bonchev–Trinajstić information content (AvgIpc) is 3.71. The van der Waals surface area contributed by atoms with Gasteiger partial charge in [0.2, 0.25) is 0 Å². The van der Waals surface area contributed by atoms with Crippen LogP contribution in [0.3, 0.4) is 0 Å². The lowest BCUT2D eigenvalue weighted by Gasteiger charge is -2.27. The molecule has 1 heterocycles. The van der Waals surface area contributed by atoms with Gasteiger partial charge in [-0.05, 0) is 150 Å². The highest BCUT2D eigenvalue weighted by atomic mass is 16.3. The quantitative estimate of drug-likeness (QED) is 0.157. The number of aryl methyl sites for hydroxylation is 1. The number of hydrogen-bond acceptors (Lipinski definition) is 2. The first-order valence-corrected chi connectivity index (χ1v) is 20.9. The van der Waals surface area contributed by atoms with Gasteiger partial charge in [0.25, 0.3) is 0 Å². The van der Waals surface area contributed by atoms with Crippen LogP contribution in [0.25, 0.3) is 93.7 Å². The minimum absolute atomic E-state index is 0.903. The highest BCUT2D eigenvalue weighted by molar-refractivity contribution is 6.14. The Labute approximate surface area is 348 Å². The lowest BCUT2D eigenvalue weighted by molar-refractivity contribution is 0.669. The van der Waals surface area contributed by atoms with Crippen molar-refractivity contribution in [3.63, 3.8) is 0 Å². The molecule has 1 aliphatic rings. The Bertz CT molecular complexity index is 3500. The number of fused-ring (bicyclic) bond motifs is 9. The molecule has 0 amide bonds. The molecular formula is C58H39NO. The van der Waals surface area contributed by atoms with E-state index in [0.29, 0.717) is 0 Å². The summed E-state index contributed by atoms with van der Waals surface area (Å²) in [6, 6.07) is 73.0. The summed E-state index contributed by atoms with van der Waals surface area (Å²) in [4.78, 5) is 2.41. The van der Waals surface area contributed by atoms with Crippen LogP contribution in [0.4, 0.5) is 17.1 Å². The highest BCUT2D eigenvalue weighted by Crippen LogP contribution is 2.44. The Morgan fingerprint density at radius 3 is 1.77 bits per heavy atom. The molecule has 282 valence electrons. The molecule has 0 N–H and O–H groups in total. The molecule has 1 aliphatic carbocycles. The summed E-state index contributed by atoms with van der Waals surface area (Å²) in [7, 11) is 0. The summed E-state index contributed by atoms with van der Waals surface area (Å²) >= 11 is 0. The molecule has 0 radical (unpaired) electrons. The number of anilines is 3. The second-order valence-corrected chi connectivity index (χ2v) is 15.9. The summed E-state index contributed by atoms with van der Waals surface area (Å²) in [6.45, 7) is 0. The third kappa shape index (κ3) is 5.64. The fourth-order valence-electron chi connectivity index (χ4n) is 9.74. The summed E-state index contributed by atoms with van der Waals surface area (Å²) in [6.07, 6.45) is 6.79. The molecule has 1 aromatic heterocycles. The third-order valence-corrected chi connectivity index (χ3v) is 12.5. The van der Waals surface area contributed by atoms with Crippen molar-refractivity contribution in [2.24, 2.45) is 0 Å². The third-order valence-electron chi connectivity index (χ3n) is 12.5. The number of para-hydroxylation sites is 1. The van der Waals surface area contributed by atoms with E-state index in [1.54, 1.807) is 0 Å². The molecule has 0 atom stereocenters. The van der Waals surface area contributed by atoms with Gasteiger partial charge in [-0.2, -0.15) is 0 Å². The van der Waals surface area contributed by atoms with Gasteiger partial charge >= 0.3 is 0 Å². The van der Waals surface area contributed by atoms with Gasteiger partial charge < -0.3 is 9.32 Å². The Balaban J connectivity index is 1.04. The van der Waals surface area contributed by atoms with Crippen molar-refractivity contribution in [1.29, 1.82) is 0 Å². The number of furan rings is 1. The van der Waals surface area contributed by atoms with Crippen molar-refractivity contribution in [2.45, 2.75) is 12.8 Å². The first kappa shape index (κ1) is 34.4. The molecule has 0 spiro atoms. The monoisotopic (exact) mass is 765 g/mol. The molecule has 11 aromatic rings. The minimum atomic E-state index is 0.903. The van der Waals surface area contributed by atoms with E-state index in [4.69, 9.17) is 4.42 Å². The number of nitrogens with zero attached hydrogens (tertiary/aromatic N) is 1. The summed E-state index contributed by atoms with van der Waals surface area (Å²) < 4.78 is 6.28. The van der Waals surface area contributed by atoms with Crippen LogP contribution in [0, 0.1) is 0 Å². The molecule has 0 bridgehead atoms. The van der Waals surface area contributed by atoms with E-state index in [0.717, 1.165) is 63.0 Å². The summed E-state index contributed by atoms with van der Waals surface area (Å²) in [5.41, 5.74) is 15.1. The minimum Gasteiger partial charge on any atom is -0.456 e. The van der Waals surface area contributed by atoms with Gasteiger partial charge in [0.1, 0.15) is 11.2 Å². The molecule has 2 heteroatoms. The fraction of sp³-hybridized carbons (Fsp3) is 0.0345. The maximum atomic E-state index is 6.28. The van der Waals surface area contributed by atoms with Crippen molar-refractivity contribution in [2.75, 3.05) is 4.90 Å². The predicted octanol–water partition coefficient (Wildman–Crippen LogP) is 16.5. The lowest BCUT2D eigenvalue weighted by Crippen LogP contribution is -2.10.